The van der Waals surface area contributed by atoms with Crippen LogP contribution in [-0.4, -0.2) is 70.9 Å². The van der Waals surface area contributed by atoms with E-state index in [9.17, 15) is 14.7 Å². The Morgan fingerprint density at radius 2 is 1.48 bits per heavy atom. The number of aliphatic hydroxyl groups excluding tert-OH is 1. The van der Waals surface area contributed by atoms with E-state index in [0.717, 1.165) is 28.7 Å². The summed E-state index contributed by atoms with van der Waals surface area (Å²) in [6.07, 6.45) is 3.64. The molecule has 4 N–H and O–H groups in total. The van der Waals surface area contributed by atoms with E-state index in [-0.39, 0.29) is 18.4 Å². The standard InChI is InChI=1S/C16H19BrN2.C10H15NO.C4H4O4.ClH/c1-19(2)12-10-15(16-5-3-4-11-18-16)13-6-8-14(17)9-7-13;1-8(11-2)10(12)9-6-4-3-5-7-9;5-3(6)1-2-4(7)8;/h3-9,11,15H,10,12H2,1-2H3;3-8,10-12H,1-2H3;1-2H,(H,5,6)(H,7,8);1H/b;;2-1-;. The lowest BCUT2D eigenvalue weighted by Crippen LogP contribution is -2.28. The lowest BCUT2D eigenvalue weighted by atomic mass is 9.92. The molecule has 0 saturated heterocycles. The quantitative estimate of drug-likeness (QED) is 0.219. The molecular formula is C30H39BrClN3O5. The van der Waals surface area contributed by atoms with Crippen LogP contribution >= 0.6 is 28.3 Å². The topological polar surface area (TPSA) is 123 Å². The number of nitrogens with zero attached hydrogens (tertiary/aromatic N) is 2. The molecule has 3 aromatic rings. The van der Waals surface area contributed by atoms with Crippen LogP contribution in [0.3, 0.4) is 0 Å². The Kier molecular flexibility index (Phi) is 19.2. The van der Waals surface area contributed by atoms with Crippen LogP contribution in [0.4, 0.5) is 0 Å². The molecule has 40 heavy (non-hydrogen) atoms. The van der Waals surface area contributed by atoms with Gasteiger partial charge in [0.1, 0.15) is 0 Å². The van der Waals surface area contributed by atoms with Gasteiger partial charge >= 0.3 is 11.9 Å². The third-order valence-electron chi connectivity index (χ3n) is 5.62. The summed E-state index contributed by atoms with van der Waals surface area (Å²) in [6.45, 7) is 3.01. The molecule has 1 heterocycles. The van der Waals surface area contributed by atoms with Crippen LogP contribution in [0.1, 0.15) is 42.2 Å². The summed E-state index contributed by atoms with van der Waals surface area (Å²) >= 11 is 3.49. The number of halogens is 2. The third kappa shape index (κ3) is 15.5. The third-order valence-corrected chi connectivity index (χ3v) is 6.15. The number of hydrogen-bond donors (Lipinski definition) is 4. The van der Waals surface area contributed by atoms with Gasteiger partial charge in [-0.15, -0.1) is 12.4 Å². The Bertz CT molecular complexity index is 1120. The number of likely N-dealkylation sites (N-methyl/N-ethyl adjacent to an activating group) is 1. The maximum Gasteiger partial charge on any atom is 0.328 e. The summed E-state index contributed by atoms with van der Waals surface area (Å²) < 4.78 is 1.11. The molecule has 218 valence electrons. The molecule has 0 aliphatic rings. The largest absolute Gasteiger partial charge is 0.478 e. The van der Waals surface area contributed by atoms with Gasteiger partial charge in [0.05, 0.1) is 6.10 Å². The number of aromatic nitrogens is 1. The second kappa shape index (κ2) is 20.8. The summed E-state index contributed by atoms with van der Waals surface area (Å²) in [5, 5.41) is 28.4. The van der Waals surface area contributed by atoms with Gasteiger partial charge in [-0.1, -0.05) is 64.5 Å². The van der Waals surface area contributed by atoms with Gasteiger partial charge in [0.15, 0.2) is 0 Å². The van der Waals surface area contributed by atoms with Gasteiger partial charge in [-0.25, -0.2) is 9.59 Å². The molecule has 0 aliphatic heterocycles. The number of carbonyl (C=O) groups is 2. The highest BCUT2D eigenvalue weighted by Crippen LogP contribution is 2.27. The number of hydrogen-bond acceptors (Lipinski definition) is 6. The molecule has 0 radical (unpaired) electrons. The second-order valence-electron chi connectivity index (χ2n) is 8.89. The van der Waals surface area contributed by atoms with Gasteiger partial charge in [-0.3, -0.25) is 4.98 Å². The second-order valence-corrected chi connectivity index (χ2v) is 9.81. The molecule has 0 saturated carbocycles. The Hall–Kier alpha value is -3.08. The van der Waals surface area contributed by atoms with E-state index >= 15 is 0 Å². The average molecular weight is 637 g/mol. The van der Waals surface area contributed by atoms with Crippen LogP contribution in [0.25, 0.3) is 0 Å². The Balaban J connectivity index is 0.000000624. The Labute approximate surface area is 251 Å². The van der Waals surface area contributed by atoms with E-state index in [1.54, 1.807) is 0 Å². The molecule has 0 amide bonds. The van der Waals surface area contributed by atoms with Gasteiger partial charge in [-0.05, 0) is 76.4 Å². The minimum absolute atomic E-state index is 0. The first kappa shape index (κ1) is 36.9. The summed E-state index contributed by atoms with van der Waals surface area (Å²) in [4.78, 5) is 25.8. The van der Waals surface area contributed by atoms with E-state index < -0.39 is 18.0 Å². The fourth-order valence-corrected chi connectivity index (χ4v) is 3.65. The van der Waals surface area contributed by atoms with Crippen molar-refractivity contribution >= 4 is 40.3 Å². The van der Waals surface area contributed by atoms with Crippen LogP contribution in [0.2, 0.25) is 0 Å². The van der Waals surface area contributed by atoms with Gasteiger partial charge in [0, 0.05) is 40.5 Å². The van der Waals surface area contributed by atoms with Crippen molar-refractivity contribution in [1.82, 2.24) is 15.2 Å². The molecule has 0 fully saturated rings. The number of pyridine rings is 1. The summed E-state index contributed by atoms with van der Waals surface area (Å²) in [5.41, 5.74) is 3.43. The summed E-state index contributed by atoms with van der Waals surface area (Å²) in [7, 11) is 6.06. The zero-order valence-corrected chi connectivity index (χ0v) is 25.5. The molecule has 1 aromatic heterocycles. The smallest absolute Gasteiger partial charge is 0.328 e. The van der Waals surface area contributed by atoms with Crippen molar-refractivity contribution in [2.75, 3.05) is 27.7 Å². The number of carboxylic acid groups (broad SMARTS) is 2. The lowest BCUT2D eigenvalue weighted by molar-refractivity contribution is -0.134. The van der Waals surface area contributed by atoms with Crippen LogP contribution in [0, 0.1) is 0 Å². The molecule has 2 aromatic carbocycles. The zero-order valence-electron chi connectivity index (χ0n) is 23.1. The lowest BCUT2D eigenvalue weighted by Gasteiger charge is -2.19. The molecular weight excluding hydrogens is 598 g/mol. The van der Waals surface area contributed by atoms with Crippen molar-refractivity contribution in [1.29, 1.82) is 0 Å². The van der Waals surface area contributed by atoms with E-state index in [2.05, 4.69) is 81.6 Å². The average Bonchev–Trinajstić information content (AvgIpc) is 2.93. The minimum atomic E-state index is -1.26. The fourth-order valence-electron chi connectivity index (χ4n) is 3.39. The zero-order chi connectivity index (χ0) is 29.2. The van der Waals surface area contributed by atoms with Crippen molar-refractivity contribution in [3.63, 3.8) is 0 Å². The highest BCUT2D eigenvalue weighted by atomic mass is 79.9. The van der Waals surface area contributed by atoms with Gasteiger partial charge in [-0.2, -0.15) is 0 Å². The maximum absolute atomic E-state index is 9.73. The molecule has 0 bridgehead atoms. The van der Waals surface area contributed by atoms with Crippen LogP contribution in [0.5, 0.6) is 0 Å². The van der Waals surface area contributed by atoms with Gasteiger partial charge in [0.2, 0.25) is 0 Å². The van der Waals surface area contributed by atoms with Crippen LogP contribution < -0.4 is 5.32 Å². The predicted molar refractivity (Wildman–Crippen MR) is 165 cm³/mol. The van der Waals surface area contributed by atoms with Gasteiger partial charge < -0.3 is 25.5 Å². The number of aliphatic hydroxyl groups is 1. The van der Waals surface area contributed by atoms with Crippen LogP contribution in [-0.2, 0) is 9.59 Å². The first-order valence-electron chi connectivity index (χ1n) is 12.4. The molecule has 10 heteroatoms. The number of rotatable bonds is 10. The number of carboxylic acids is 2. The summed E-state index contributed by atoms with van der Waals surface area (Å²) in [5.74, 6) is -2.16. The van der Waals surface area contributed by atoms with Gasteiger partial charge in [0.25, 0.3) is 0 Å². The number of benzene rings is 2. The number of nitrogens with one attached hydrogen (secondary N) is 1. The molecule has 3 atom stereocenters. The molecule has 8 nitrogen and oxygen atoms in total. The molecule has 0 spiro atoms. The van der Waals surface area contributed by atoms with E-state index in [1.807, 2.05) is 56.6 Å². The normalized spacial score (nSPS) is 12.6. The Morgan fingerprint density at radius 1 is 0.925 bits per heavy atom. The van der Waals surface area contributed by atoms with E-state index in [0.29, 0.717) is 18.1 Å². The summed E-state index contributed by atoms with van der Waals surface area (Å²) in [6, 6.07) is 24.5. The minimum Gasteiger partial charge on any atom is -0.478 e. The molecule has 3 unspecified atom stereocenters. The molecule has 3 rings (SSSR count). The first-order chi connectivity index (χ1) is 18.5. The van der Waals surface area contributed by atoms with Crippen molar-refractivity contribution < 1.29 is 24.9 Å². The van der Waals surface area contributed by atoms with Crippen molar-refractivity contribution in [3.8, 4) is 0 Å². The van der Waals surface area contributed by atoms with Crippen molar-refractivity contribution in [2.24, 2.45) is 0 Å². The van der Waals surface area contributed by atoms with E-state index in [1.165, 1.54) is 5.56 Å². The number of aliphatic carboxylic acids is 2. The van der Waals surface area contributed by atoms with Crippen molar-refractivity contribution in [3.05, 3.63) is 112 Å². The maximum atomic E-state index is 9.73. The molecule has 0 aliphatic carbocycles. The first-order valence-corrected chi connectivity index (χ1v) is 13.2. The van der Waals surface area contributed by atoms with Crippen LogP contribution in [0.15, 0.2) is 95.6 Å². The SMILES string of the molecule is CN(C)CCC(c1ccc(Br)cc1)c1ccccn1.CNC(C)C(O)c1ccccc1.Cl.O=C(O)/C=C\C(=O)O. The van der Waals surface area contributed by atoms with E-state index in [4.69, 9.17) is 10.2 Å². The predicted octanol–water partition coefficient (Wildman–Crippen LogP) is 5.39. The highest BCUT2D eigenvalue weighted by molar-refractivity contribution is 9.10. The monoisotopic (exact) mass is 635 g/mol. The fraction of sp³-hybridized carbons (Fsp3) is 0.300. The Morgan fingerprint density at radius 3 is 1.93 bits per heavy atom. The highest BCUT2D eigenvalue weighted by Gasteiger charge is 2.15. The van der Waals surface area contributed by atoms with Crippen molar-refractivity contribution in [2.45, 2.75) is 31.4 Å².